The second kappa shape index (κ2) is 9.25. The number of nitrogens with one attached hydrogen (secondary N) is 1. The number of rotatable bonds is 7. The predicted octanol–water partition coefficient (Wildman–Crippen LogP) is 3.91. The lowest BCUT2D eigenvalue weighted by molar-refractivity contribution is -0.116. The number of carbonyl (C=O) groups excluding carboxylic acids is 2. The molecule has 0 unspecified atom stereocenters. The number of halogens is 1. The quantitative estimate of drug-likeness (QED) is 0.799. The average Bonchev–Trinajstić information content (AvgIpc) is 2.59. The molecule has 0 saturated heterocycles. The van der Waals surface area contributed by atoms with Crippen LogP contribution in [-0.2, 0) is 4.79 Å². The molecule has 5 nitrogen and oxygen atoms in total. The number of hydrogen-bond donors (Lipinski definition) is 1. The van der Waals surface area contributed by atoms with Crippen LogP contribution >= 0.6 is 11.6 Å². The van der Waals surface area contributed by atoms with Crippen LogP contribution in [0.25, 0.3) is 0 Å². The van der Waals surface area contributed by atoms with E-state index in [9.17, 15) is 9.59 Å². The summed E-state index contributed by atoms with van der Waals surface area (Å²) in [6.45, 7) is 6.01. The van der Waals surface area contributed by atoms with E-state index in [0.29, 0.717) is 35.1 Å². The van der Waals surface area contributed by atoms with E-state index in [0.717, 1.165) is 0 Å². The lowest BCUT2D eigenvalue weighted by Crippen LogP contribution is -2.37. The molecule has 0 aromatic heterocycles. The van der Waals surface area contributed by atoms with Gasteiger partial charge in [-0.15, -0.1) is 0 Å². The van der Waals surface area contributed by atoms with Crippen molar-refractivity contribution in [1.29, 1.82) is 0 Å². The van der Waals surface area contributed by atoms with E-state index >= 15 is 0 Å². The molecular formula is C20H23ClN2O3. The zero-order valence-corrected chi connectivity index (χ0v) is 15.9. The molecule has 0 saturated carbocycles. The summed E-state index contributed by atoms with van der Waals surface area (Å²) in [4.78, 5) is 25.9. The first-order valence-electron chi connectivity index (χ1n) is 8.46. The van der Waals surface area contributed by atoms with Crippen molar-refractivity contribution in [1.82, 2.24) is 5.32 Å². The van der Waals surface area contributed by atoms with Crippen molar-refractivity contribution in [3.63, 3.8) is 0 Å². The third-order valence-electron chi connectivity index (χ3n) is 3.63. The number of benzene rings is 2. The highest BCUT2D eigenvalue weighted by Crippen LogP contribution is 2.28. The summed E-state index contributed by atoms with van der Waals surface area (Å²) >= 11 is 5.83. The molecule has 0 radical (unpaired) electrons. The van der Waals surface area contributed by atoms with Gasteiger partial charge in [-0.25, -0.2) is 0 Å². The van der Waals surface area contributed by atoms with Gasteiger partial charge in [-0.2, -0.15) is 0 Å². The van der Waals surface area contributed by atoms with Gasteiger partial charge in [-0.05, 0) is 50.2 Å². The molecular weight excluding hydrogens is 352 g/mol. The standard InChI is InChI=1S/C20H23ClN2O3/c1-14(2)26-19-7-5-4-6-18(19)23(15(3)24)13-12-22-20(25)16-8-10-17(21)11-9-16/h4-11,14H,12-13H2,1-3H3,(H,22,25). The Labute approximate surface area is 158 Å². The summed E-state index contributed by atoms with van der Waals surface area (Å²) in [6.07, 6.45) is -0.00503. The molecule has 2 aromatic rings. The second-order valence-corrected chi connectivity index (χ2v) is 6.50. The van der Waals surface area contributed by atoms with Crippen molar-refractivity contribution in [2.75, 3.05) is 18.0 Å². The lowest BCUT2D eigenvalue weighted by Gasteiger charge is -2.24. The van der Waals surface area contributed by atoms with E-state index in [4.69, 9.17) is 16.3 Å². The molecule has 0 aliphatic rings. The van der Waals surface area contributed by atoms with Crippen LogP contribution in [-0.4, -0.2) is 31.0 Å². The maximum absolute atomic E-state index is 12.2. The van der Waals surface area contributed by atoms with Crippen LogP contribution in [0.2, 0.25) is 5.02 Å². The van der Waals surface area contributed by atoms with Crippen LogP contribution in [0.4, 0.5) is 5.69 Å². The van der Waals surface area contributed by atoms with Gasteiger partial charge in [0.25, 0.3) is 5.91 Å². The fourth-order valence-electron chi connectivity index (χ4n) is 2.47. The van der Waals surface area contributed by atoms with Gasteiger partial charge in [-0.3, -0.25) is 9.59 Å². The molecule has 0 bridgehead atoms. The van der Waals surface area contributed by atoms with E-state index in [1.807, 2.05) is 38.1 Å². The number of nitrogens with zero attached hydrogens (tertiary/aromatic N) is 1. The van der Waals surface area contributed by atoms with Crippen LogP contribution in [0.3, 0.4) is 0 Å². The Morgan fingerprint density at radius 1 is 1.12 bits per heavy atom. The molecule has 0 atom stereocenters. The zero-order valence-electron chi connectivity index (χ0n) is 15.2. The lowest BCUT2D eigenvalue weighted by atomic mass is 10.2. The molecule has 0 spiro atoms. The van der Waals surface area contributed by atoms with E-state index < -0.39 is 0 Å². The van der Waals surface area contributed by atoms with Gasteiger partial charge in [-0.1, -0.05) is 23.7 Å². The maximum Gasteiger partial charge on any atom is 0.251 e. The molecule has 2 rings (SSSR count). The topological polar surface area (TPSA) is 58.6 Å². The summed E-state index contributed by atoms with van der Waals surface area (Å²) in [5.74, 6) is 0.309. The minimum absolute atomic E-state index is 0.00503. The second-order valence-electron chi connectivity index (χ2n) is 6.07. The van der Waals surface area contributed by atoms with Crippen LogP contribution < -0.4 is 15.0 Å². The van der Waals surface area contributed by atoms with Gasteiger partial charge in [0, 0.05) is 30.6 Å². The largest absolute Gasteiger partial charge is 0.489 e. The highest BCUT2D eigenvalue weighted by Gasteiger charge is 2.17. The Morgan fingerprint density at radius 2 is 1.77 bits per heavy atom. The maximum atomic E-state index is 12.2. The van der Waals surface area contributed by atoms with Crippen LogP contribution in [0.15, 0.2) is 48.5 Å². The summed E-state index contributed by atoms with van der Waals surface area (Å²) in [5, 5.41) is 3.39. The summed E-state index contributed by atoms with van der Waals surface area (Å²) in [6, 6.07) is 14.0. The van der Waals surface area contributed by atoms with Gasteiger partial charge in [0.15, 0.2) is 0 Å². The summed E-state index contributed by atoms with van der Waals surface area (Å²) in [7, 11) is 0. The van der Waals surface area contributed by atoms with Crippen LogP contribution in [0.1, 0.15) is 31.1 Å². The van der Waals surface area contributed by atoms with Gasteiger partial charge in [0.2, 0.25) is 5.91 Å². The number of carbonyl (C=O) groups is 2. The first-order valence-corrected chi connectivity index (χ1v) is 8.84. The third-order valence-corrected chi connectivity index (χ3v) is 3.88. The van der Waals surface area contributed by atoms with Gasteiger partial charge in [0.05, 0.1) is 11.8 Å². The predicted molar refractivity (Wildman–Crippen MR) is 104 cm³/mol. The van der Waals surface area contributed by atoms with Gasteiger partial charge < -0.3 is 15.0 Å². The Balaban J connectivity index is 2.04. The Bertz CT molecular complexity index is 760. The molecule has 0 aliphatic heterocycles. The van der Waals surface area contributed by atoms with Crippen molar-refractivity contribution >= 4 is 29.1 Å². The van der Waals surface area contributed by atoms with Crippen molar-refractivity contribution in [3.05, 3.63) is 59.1 Å². The molecule has 0 fully saturated rings. The highest BCUT2D eigenvalue weighted by molar-refractivity contribution is 6.30. The first kappa shape index (κ1) is 19.8. The molecule has 26 heavy (non-hydrogen) atoms. The molecule has 0 heterocycles. The van der Waals surface area contributed by atoms with Crippen molar-refractivity contribution in [2.24, 2.45) is 0 Å². The van der Waals surface area contributed by atoms with Gasteiger partial charge >= 0.3 is 0 Å². The normalized spacial score (nSPS) is 10.5. The van der Waals surface area contributed by atoms with Crippen molar-refractivity contribution < 1.29 is 14.3 Å². The van der Waals surface area contributed by atoms with E-state index in [1.165, 1.54) is 6.92 Å². The molecule has 1 N–H and O–H groups in total. The summed E-state index contributed by atoms with van der Waals surface area (Å²) < 4.78 is 5.79. The van der Waals surface area contributed by atoms with E-state index in [-0.39, 0.29) is 17.9 Å². The number of para-hydroxylation sites is 2. The molecule has 0 aliphatic carbocycles. The van der Waals surface area contributed by atoms with Crippen molar-refractivity contribution in [2.45, 2.75) is 26.9 Å². The Morgan fingerprint density at radius 3 is 2.38 bits per heavy atom. The monoisotopic (exact) mass is 374 g/mol. The minimum Gasteiger partial charge on any atom is -0.489 e. The number of anilines is 1. The molecule has 138 valence electrons. The smallest absolute Gasteiger partial charge is 0.251 e. The van der Waals surface area contributed by atoms with Crippen LogP contribution in [0.5, 0.6) is 5.75 Å². The van der Waals surface area contributed by atoms with E-state index in [1.54, 1.807) is 29.2 Å². The SMILES string of the molecule is CC(=O)N(CCNC(=O)c1ccc(Cl)cc1)c1ccccc1OC(C)C. The third kappa shape index (κ3) is 5.49. The zero-order chi connectivity index (χ0) is 19.1. The van der Waals surface area contributed by atoms with Crippen molar-refractivity contribution in [3.8, 4) is 5.75 Å². The molecule has 6 heteroatoms. The number of amides is 2. The molecule has 2 aromatic carbocycles. The van der Waals surface area contributed by atoms with E-state index in [2.05, 4.69) is 5.32 Å². The Kier molecular flexibility index (Phi) is 7.04. The highest BCUT2D eigenvalue weighted by atomic mass is 35.5. The summed E-state index contributed by atoms with van der Waals surface area (Å²) in [5.41, 5.74) is 1.21. The first-order chi connectivity index (χ1) is 12.4. The Hall–Kier alpha value is -2.53. The number of ether oxygens (including phenoxy) is 1. The fraction of sp³-hybridized carbons (Fsp3) is 0.300. The minimum atomic E-state index is -0.211. The molecule has 2 amide bonds. The number of hydrogen-bond acceptors (Lipinski definition) is 3. The average molecular weight is 375 g/mol. The fourth-order valence-corrected chi connectivity index (χ4v) is 2.59. The van der Waals surface area contributed by atoms with Crippen LogP contribution in [0, 0.1) is 0 Å². The van der Waals surface area contributed by atoms with Gasteiger partial charge in [0.1, 0.15) is 5.75 Å².